The summed E-state index contributed by atoms with van der Waals surface area (Å²) in [4.78, 5) is 6.68. The highest BCUT2D eigenvalue weighted by atomic mass is 15.2. The summed E-state index contributed by atoms with van der Waals surface area (Å²) in [7, 11) is 0. The zero-order valence-electron chi connectivity index (χ0n) is 9.81. The van der Waals surface area contributed by atoms with Crippen molar-refractivity contribution < 1.29 is 0 Å². The van der Waals surface area contributed by atoms with Crippen molar-refractivity contribution in [2.24, 2.45) is 5.73 Å². The molecule has 3 heteroatoms. The topological polar surface area (TPSA) is 42.1 Å². The standard InChI is InChI=1S/C13H21N3/c14-9-13-6-2-1-3-8-16(13)11-12-5-4-7-15-10-12/h4-5,7,10,13H,1-3,6,8-9,11,14H2. The van der Waals surface area contributed by atoms with Crippen LogP contribution in [0.2, 0.25) is 0 Å². The Labute approximate surface area is 97.7 Å². The van der Waals surface area contributed by atoms with E-state index in [1.54, 1.807) is 0 Å². The maximum atomic E-state index is 5.86. The third-order valence-corrected chi connectivity index (χ3v) is 3.38. The van der Waals surface area contributed by atoms with E-state index < -0.39 is 0 Å². The molecule has 2 rings (SSSR count). The Hall–Kier alpha value is -0.930. The lowest BCUT2D eigenvalue weighted by Gasteiger charge is -2.28. The van der Waals surface area contributed by atoms with Crippen molar-refractivity contribution >= 4 is 0 Å². The Bertz CT molecular complexity index is 299. The molecule has 0 aliphatic carbocycles. The minimum Gasteiger partial charge on any atom is -0.329 e. The van der Waals surface area contributed by atoms with Gasteiger partial charge in [-0.25, -0.2) is 0 Å². The Morgan fingerprint density at radius 3 is 3.06 bits per heavy atom. The SMILES string of the molecule is NCC1CCCCCN1Cc1cccnc1. The molecule has 0 saturated carbocycles. The molecule has 1 aromatic heterocycles. The first-order valence-electron chi connectivity index (χ1n) is 6.23. The zero-order chi connectivity index (χ0) is 11.2. The summed E-state index contributed by atoms with van der Waals surface area (Å²) in [6.45, 7) is 2.95. The third-order valence-electron chi connectivity index (χ3n) is 3.38. The number of nitrogens with zero attached hydrogens (tertiary/aromatic N) is 2. The lowest BCUT2D eigenvalue weighted by molar-refractivity contribution is 0.195. The van der Waals surface area contributed by atoms with E-state index in [0.717, 1.165) is 13.1 Å². The molecule has 0 amide bonds. The van der Waals surface area contributed by atoms with Crippen LogP contribution in [0.5, 0.6) is 0 Å². The minimum atomic E-state index is 0.558. The molecule has 0 radical (unpaired) electrons. The van der Waals surface area contributed by atoms with Crippen molar-refractivity contribution in [2.75, 3.05) is 13.1 Å². The van der Waals surface area contributed by atoms with Gasteiger partial charge in [-0.05, 0) is 31.0 Å². The number of hydrogen-bond acceptors (Lipinski definition) is 3. The molecule has 88 valence electrons. The van der Waals surface area contributed by atoms with Crippen LogP contribution in [0.25, 0.3) is 0 Å². The van der Waals surface area contributed by atoms with Crippen LogP contribution in [0.4, 0.5) is 0 Å². The van der Waals surface area contributed by atoms with E-state index in [2.05, 4.69) is 16.0 Å². The lowest BCUT2D eigenvalue weighted by Crippen LogP contribution is -2.39. The first-order chi connectivity index (χ1) is 7.90. The maximum Gasteiger partial charge on any atom is 0.0312 e. The average molecular weight is 219 g/mol. The molecule has 0 aromatic carbocycles. The summed E-state index contributed by atoms with van der Waals surface area (Å²) in [5, 5.41) is 0. The van der Waals surface area contributed by atoms with E-state index in [0.29, 0.717) is 6.04 Å². The van der Waals surface area contributed by atoms with Crippen molar-refractivity contribution in [3.63, 3.8) is 0 Å². The van der Waals surface area contributed by atoms with Crippen LogP contribution in [-0.2, 0) is 6.54 Å². The number of likely N-dealkylation sites (tertiary alicyclic amines) is 1. The average Bonchev–Trinajstić information content (AvgIpc) is 2.55. The van der Waals surface area contributed by atoms with Gasteiger partial charge >= 0.3 is 0 Å². The van der Waals surface area contributed by atoms with Crippen molar-refractivity contribution in [3.05, 3.63) is 30.1 Å². The molecule has 1 fully saturated rings. The van der Waals surface area contributed by atoms with E-state index in [9.17, 15) is 0 Å². The number of hydrogen-bond donors (Lipinski definition) is 1. The molecule has 1 aliphatic heterocycles. The fraction of sp³-hybridized carbons (Fsp3) is 0.615. The van der Waals surface area contributed by atoms with E-state index in [1.807, 2.05) is 18.5 Å². The second-order valence-corrected chi connectivity index (χ2v) is 4.57. The van der Waals surface area contributed by atoms with E-state index in [-0.39, 0.29) is 0 Å². The smallest absolute Gasteiger partial charge is 0.0312 e. The van der Waals surface area contributed by atoms with E-state index in [4.69, 9.17) is 5.73 Å². The lowest BCUT2D eigenvalue weighted by atomic mass is 10.1. The third kappa shape index (κ3) is 3.03. The van der Waals surface area contributed by atoms with Gasteiger partial charge in [0.15, 0.2) is 0 Å². The molecular formula is C13H21N3. The Morgan fingerprint density at radius 1 is 1.38 bits per heavy atom. The molecule has 2 N–H and O–H groups in total. The predicted molar refractivity (Wildman–Crippen MR) is 66.0 cm³/mol. The molecule has 2 heterocycles. The second-order valence-electron chi connectivity index (χ2n) is 4.57. The minimum absolute atomic E-state index is 0.558. The Balaban J connectivity index is 2.00. The Morgan fingerprint density at radius 2 is 2.31 bits per heavy atom. The van der Waals surface area contributed by atoms with Crippen LogP contribution in [0.1, 0.15) is 31.2 Å². The zero-order valence-corrected chi connectivity index (χ0v) is 9.81. The number of nitrogens with two attached hydrogens (primary N) is 1. The van der Waals surface area contributed by atoms with Crippen molar-refractivity contribution in [1.82, 2.24) is 9.88 Å². The first-order valence-corrected chi connectivity index (χ1v) is 6.23. The molecule has 16 heavy (non-hydrogen) atoms. The normalized spacial score (nSPS) is 22.9. The predicted octanol–water partition coefficient (Wildman–Crippen LogP) is 1.78. The first kappa shape index (κ1) is 11.6. The van der Waals surface area contributed by atoms with E-state index >= 15 is 0 Å². The fourth-order valence-electron chi connectivity index (χ4n) is 2.44. The second kappa shape index (κ2) is 5.97. The van der Waals surface area contributed by atoms with Gasteiger partial charge in [0.1, 0.15) is 0 Å². The number of pyridine rings is 1. The van der Waals surface area contributed by atoms with Crippen molar-refractivity contribution in [2.45, 2.75) is 38.3 Å². The van der Waals surface area contributed by atoms with Gasteiger partial charge in [-0.1, -0.05) is 18.9 Å². The highest BCUT2D eigenvalue weighted by Crippen LogP contribution is 2.18. The van der Waals surface area contributed by atoms with Crippen molar-refractivity contribution in [3.8, 4) is 0 Å². The molecule has 1 saturated heterocycles. The van der Waals surface area contributed by atoms with Gasteiger partial charge in [-0.2, -0.15) is 0 Å². The van der Waals surface area contributed by atoms with Gasteiger partial charge in [0.05, 0.1) is 0 Å². The van der Waals surface area contributed by atoms with Gasteiger partial charge in [0, 0.05) is 31.5 Å². The van der Waals surface area contributed by atoms with Crippen LogP contribution in [0.3, 0.4) is 0 Å². The number of rotatable bonds is 3. The van der Waals surface area contributed by atoms with Gasteiger partial charge in [0.2, 0.25) is 0 Å². The van der Waals surface area contributed by atoms with Crippen molar-refractivity contribution in [1.29, 1.82) is 0 Å². The molecular weight excluding hydrogens is 198 g/mol. The summed E-state index contributed by atoms with van der Waals surface area (Å²) in [6.07, 6.45) is 9.00. The maximum absolute atomic E-state index is 5.86. The van der Waals surface area contributed by atoms with Gasteiger partial charge in [-0.3, -0.25) is 9.88 Å². The number of aromatic nitrogens is 1. The van der Waals surface area contributed by atoms with Crippen LogP contribution >= 0.6 is 0 Å². The van der Waals surface area contributed by atoms with Crippen LogP contribution in [0.15, 0.2) is 24.5 Å². The summed E-state index contributed by atoms with van der Waals surface area (Å²) >= 11 is 0. The Kier molecular flexibility index (Phi) is 4.31. The molecule has 1 atom stereocenters. The summed E-state index contributed by atoms with van der Waals surface area (Å²) in [5.74, 6) is 0. The highest BCUT2D eigenvalue weighted by molar-refractivity contribution is 5.08. The van der Waals surface area contributed by atoms with Crippen LogP contribution in [-0.4, -0.2) is 29.0 Å². The van der Waals surface area contributed by atoms with Crippen LogP contribution in [0, 0.1) is 0 Å². The van der Waals surface area contributed by atoms with Gasteiger partial charge in [0.25, 0.3) is 0 Å². The van der Waals surface area contributed by atoms with Crippen LogP contribution < -0.4 is 5.73 Å². The summed E-state index contributed by atoms with van der Waals surface area (Å²) in [5.41, 5.74) is 7.15. The highest BCUT2D eigenvalue weighted by Gasteiger charge is 2.19. The molecule has 0 spiro atoms. The fourth-order valence-corrected chi connectivity index (χ4v) is 2.44. The molecule has 1 aliphatic rings. The summed E-state index contributed by atoms with van der Waals surface area (Å²) in [6, 6.07) is 4.71. The quantitative estimate of drug-likeness (QED) is 0.842. The monoisotopic (exact) mass is 219 g/mol. The molecule has 1 unspecified atom stereocenters. The molecule has 0 bridgehead atoms. The van der Waals surface area contributed by atoms with Gasteiger partial charge < -0.3 is 5.73 Å². The largest absolute Gasteiger partial charge is 0.329 e. The molecule has 3 nitrogen and oxygen atoms in total. The van der Waals surface area contributed by atoms with E-state index in [1.165, 1.54) is 37.8 Å². The summed E-state index contributed by atoms with van der Waals surface area (Å²) < 4.78 is 0. The molecule has 1 aromatic rings. The van der Waals surface area contributed by atoms with Gasteiger partial charge in [-0.15, -0.1) is 0 Å².